The average Bonchev–Trinajstić information content (AvgIpc) is 2.75. The predicted molar refractivity (Wildman–Crippen MR) is 125 cm³/mol. The maximum atomic E-state index is 12.3. The zero-order valence-corrected chi connectivity index (χ0v) is 18.6. The Labute approximate surface area is 180 Å². The molecule has 0 saturated carbocycles. The van der Waals surface area contributed by atoms with Crippen molar-refractivity contribution in [3.8, 4) is 0 Å². The highest BCUT2D eigenvalue weighted by molar-refractivity contribution is 5.95. The Morgan fingerprint density at radius 1 is 0.667 bits per heavy atom. The summed E-state index contributed by atoms with van der Waals surface area (Å²) in [6, 6.07) is 15.2. The maximum absolute atomic E-state index is 12.3. The Balaban J connectivity index is 1.59. The molecule has 0 atom stereocenters. The minimum absolute atomic E-state index is 0.0362. The third-order valence-corrected chi connectivity index (χ3v) is 4.92. The normalized spacial score (nSPS) is 10.4. The van der Waals surface area contributed by atoms with Crippen LogP contribution < -0.4 is 20.4 Å². The number of unbranched alkanes of at least 4 members (excludes halogenated alkanes) is 3. The quantitative estimate of drug-likeness (QED) is 0.556. The van der Waals surface area contributed by atoms with E-state index < -0.39 is 0 Å². The van der Waals surface area contributed by atoms with Gasteiger partial charge in [-0.25, -0.2) is 0 Å². The van der Waals surface area contributed by atoms with Gasteiger partial charge in [-0.2, -0.15) is 0 Å². The molecule has 0 radical (unpaired) electrons. The summed E-state index contributed by atoms with van der Waals surface area (Å²) < 4.78 is 0. The van der Waals surface area contributed by atoms with Crippen molar-refractivity contribution in [3.05, 3.63) is 59.7 Å². The number of amides is 2. The Morgan fingerprint density at radius 2 is 1.07 bits per heavy atom. The molecule has 0 fully saturated rings. The number of carbonyl (C=O) groups excluding carboxylic acids is 2. The summed E-state index contributed by atoms with van der Waals surface area (Å²) in [7, 11) is 7.83. The number of hydrogen-bond acceptors (Lipinski definition) is 4. The molecule has 162 valence electrons. The van der Waals surface area contributed by atoms with E-state index in [0.717, 1.165) is 37.1 Å². The topological polar surface area (TPSA) is 64.7 Å². The van der Waals surface area contributed by atoms with Crippen molar-refractivity contribution in [1.82, 2.24) is 10.6 Å². The standard InChI is InChI=1S/C24H34N4O2/c1-27(2)21-13-9-11-19(17-21)23(29)25-15-7-5-6-8-16-26-24(30)20-12-10-14-22(18-20)28(3)4/h9-14,17-18H,5-8,15-16H2,1-4H3,(H,25,29)(H,26,30). The molecule has 30 heavy (non-hydrogen) atoms. The Kier molecular flexibility index (Phi) is 9.19. The van der Waals surface area contributed by atoms with E-state index in [0.29, 0.717) is 24.2 Å². The fourth-order valence-corrected chi connectivity index (χ4v) is 3.06. The van der Waals surface area contributed by atoms with Crippen LogP contribution in [-0.4, -0.2) is 53.1 Å². The fraction of sp³-hybridized carbons (Fsp3) is 0.417. The SMILES string of the molecule is CN(C)c1cccc(C(=O)NCCCCCCNC(=O)c2cccc(N(C)C)c2)c1. The lowest BCUT2D eigenvalue weighted by Crippen LogP contribution is -2.25. The number of rotatable bonds is 11. The van der Waals surface area contributed by atoms with Crippen molar-refractivity contribution in [1.29, 1.82) is 0 Å². The molecule has 2 aromatic carbocycles. The summed E-state index contributed by atoms with van der Waals surface area (Å²) in [5.74, 6) is -0.0724. The lowest BCUT2D eigenvalue weighted by Gasteiger charge is -2.13. The number of benzene rings is 2. The van der Waals surface area contributed by atoms with Gasteiger partial charge in [-0.05, 0) is 49.2 Å². The molecule has 0 aromatic heterocycles. The van der Waals surface area contributed by atoms with E-state index in [-0.39, 0.29) is 11.8 Å². The van der Waals surface area contributed by atoms with Gasteiger partial charge in [-0.1, -0.05) is 25.0 Å². The molecule has 0 aliphatic heterocycles. The summed E-state index contributed by atoms with van der Waals surface area (Å²) in [5, 5.41) is 5.96. The van der Waals surface area contributed by atoms with Gasteiger partial charge in [0.25, 0.3) is 11.8 Å². The van der Waals surface area contributed by atoms with E-state index >= 15 is 0 Å². The van der Waals surface area contributed by atoms with E-state index in [1.165, 1.54) is 0 Å². The lowest BCUT2D eigenvalue weighted by molar-refractivity contribution is 0.0943. The van der Waals surface area contributed by atoms with Crippen molar-refractivity contribution in [2.24, 2.45) is 0 Å². The molecule has 6 nitrogen and oxygen atoms in total. The second kappa shape index (κ2) is 11.9. The van der Waals surface area contributed by atoms with Gasteiger partial charge < -0.3 is 20.4 Å². The lowest BCUT2D eigenvalue weighted by atomic mass is 10.1. The number of anilines is 2. The van der Waals surface area contributed by atoms with E-state index in [1.54, 1.807) is 0 Å². The van der Waals surface area contributed by atoms with Crippen molar-refractivity contribution >= 4 is 23.2 Å². The third kappa shape index (κ3) is 7.43. The molecular formula is C24H34N4O2. The van der Waals surface area contributed by atoms with E-state index in [1.807, 2.05) is 86.5 Å². The van der Waals surface area contributed by atoms with Crippen LogP contribution in [0.25, 0.3) is 0 Å². The van der Waals surface area contributed by atoms with E-state index in [2.05, 4.69) is 10.6 Å². The summed E-state index contributed by atoms with van der Waals surface area (Å²) in [6.07, 6.45) is 3.89. The summed E-state index contributed by atoms with van der Waals surface area (Å²) in [4.78, 5) is 28.5. The molecular weight excluding hydrogens is 376 g/mol. The molecule has 2 amide bonds. The first kappa shape index (κ1) is 23.3. The number of hydrogen-bond donors (Lipinski definition) is 2. The van der Waals surface area contributed by atoms with Crippen LogP contribution >= 0.6 is 0 Å². The van der Waals surface area contributed by atoms with Crippen LogP contribution in [0.15, 0.2) is 48.5 Å². The second-order valence-corrected chi connectivity index (χ2v) is 7.82. The van der Waals surface area contributed by atoms with E-state index in [9.17, 15) is 9.59 Å². The predicted octanol–water partition coefficient (Wildman–Crippen LogP) is 3.54. The highest BCUT2D eigenvalue weighted by atomic mass is 16.2. The fourth-order valence-electron chi connectivity index (χ4n) is 3.06. The Morgan fingerprint density at radius 3 is 1.43 bits per heavy atom. The number of nitrogens with one attached hydrogen (secondary N) is 2. The van der Waals surface area contributed by atoms with Gasteiger partial charge in [0.1, 0.15) is 0 Å². The van der Waals surface area contributed by atoms with Crippen LogP contribution in [0.3, 0.4) is 0 Å². The van der Waals surface area contributed by atoms with Crippen molar-refractivity contribution in [2.75, 3.05) is 51.1 Å². The minimum Gasteiger partial charge on any atom is -0.378 e. The molecule has 2 aromatic rings. The van der Waals surface area contributed by atoms with Gasteiger partial charge >= 0.3 is 0 Å². The van der Waals surface area contributed by atoms with Gasteiger partial charge in [0.15, 0.2) is 0 Å². The van der Waals surface area contributed by atoms with Gasteiger partial charge in [0.05, 0.1) is 0 Å². The van der Waals surface area contributed by atoms with Gasteiger partial charge in [-0.3, -0.25) is 9.59 Å². The highest BCUT2D eigenvalue weighted by Gasteiger charge is 2.07. The van der Waals surface area contributed by atoms with Gasteiger partial charge in [-0.15, -0.1) is 0 Å². The average molecular weight is 411 g/mol. The molecule has 0 aliphatic rings. The van der Waals surface area contributed by atoms with Crippen LogP contribution in [0, 0.1) is 0 Å². The van der Waals surface area contributed by atoms with Crippen LogP contribution in [0.1, 0.15) is 46.4 Å². The third-order valence-electron chi connectivity index (χ3n) is 4.92. The monoisotopic (exact) mass is 410 g/mol. The summed E-state index contributed by atoms with van der Waals surface area (Å²) in [6.45, 7) is 1.32. The van der Waals surface area contributed by atoms with Crippen LogP contribution in [0.4, 0.5) is 11.4 Å². The molecule has 2 N–H and O–H groups in total. The Bertz CT molecular complexity index is 764. The largest absolute Gasteiger partial charge is 0.378 e. The Hall–Kier alpha value is -3.02. The van der Waals surface area contributed by atoms with Crippen LogP contribution in [0.5, 0.6) is 0 Å². The summed E-state index contributed by atoms with van der Waals surface area (Å²) in [5.41, 5.74) is 3.39. The first-order valence-electron chi connectivity index (χ1n) is 10.5. The zero-order valence-electron chi connectivity index (χ0n) is 18.6. The smallest absolute Gasteiger partial charge is 0.251 e. The van der Waals surface area contributed by atoms with Crippen LogP contribution in [-0.2, 0) is 0 Å². The van der Waals surface area contributed by atoms with Crippen molar-refractivity contribution in [2.45, 2.75) is 25.7 Å². The van der Waals surface area contributed by atoms with E-state index in [4.69, 9.17) is 0 Å². The molecule has 0 spiro atoms. The molecule has 2 rings (SSSR count). The van der Waals surface area contributed by atoms with Gasteiger partial charge in [0.2, 0.25) is 0 Å². The maximum Gasteiger partial charge on any atom is 0.251 e. The molecule has 0 saturated heterocycles. The molecule has 0 unspecified atom stereocenters. The number of nitrogens with zero attached hydrogens (tertiary/aromatic N) is 2. The number of carbonyl (C=O) groups is 2. The van der Waals surface area contributed by atoms with Crippen molar-refractivity contribution < 1.29 is 9.59 Å². The molecule has 0 heterocycles. The first-order chi connectivity index (χ1) is 14.4. The molecule has 6 heteroatoms. The molecule has 0 aliphatic carbocycles. The highest BCUT2D eigenvalue weighted by Crippen LogP contribution is 2.14. The van der Waals surface area contributed by atoms with Crippen molar-refractivity contribution in [3.63, 3.8) is 0 Å². The summed E-state index contributed by atoms with van der Waals surface area (Å²) >= 11 is 0. The molecule has 0 bridgehead atoms. The minimum atomic E-state index is -0.0362. The van der Waals surface area contributed by atoms with Crippen LogP contribution in [0.2, 0.25) is 0 Å². The second-order valence-electron chi connectivity index (χ2n) is 7.82. The first-order valence-corrected chi connectivity index (χ1v) is 10.5. The zero-order chi connectivity index (χ0) is 21.9. The van der Waals surface area contributed by atoms with Gasteiger partial charge in [0, 0.05) is 63.8 Å².